The van der Waals surface area contributed by atoms with E-state index in [0.29, 0.717) is 15.9 Å². The number of aromatic nitrogens is 1. The van der Waals surface area contributed by atoms with Crippen molar-refractivity contribution >= 4 is 50.2 Å². The second kappa shape index (κ2) is 5.16. The molecule has 0 bridgehead atoms. The van der Waals surface area contributed by atoms with Crippen molar-refractivity contribution in [2.75, 3.05) is 0 Å². The Labute approximate surface area is 128 Å². The first kappa shape index (κ1) is 13.0. The summed E-state index contributed by atoms with van der Waals surface area (Å²) in [6, 6.07) is 11.1. The van der Waals surface area contributed by atoms with Gasteiger partial charge in [-0.15, -0.1) is 0 Å². The van der Waals surface area contributed by atoms with Gasteiger partial charge in [-0.05, 0) is 29.8 Å². The number of nitrogens with zero attached hydrogens (tertiary/aromatic N) is 1. The fourth-order valence-corrected chi connectivity index (χ4v) is 2.83. The molecular weight excluding hydrogens is 349 g/mol. The molecule has 96 valence electrons. The topological polar surface area (TPSA) is 26.0 Å². The van der Waals surface area contributed by atoms with Crippen LogP contribution in [0.5, 0.6) is 0 Å². The zero-order chi connectivity index (χ0) is 13.4. The zero-order valence-electron chi connectivity index (χ0n) is 9.66. The molecule has 2 nitrogen and oxygen atoms in total. The molecule has 0 saturated carbocycles. The van der Waals surface area contributed by atoms with E-state index in [1.165, 1.54) is 0 Å². The zero-order valence-corrected chi connectivity index (χ0v) is 12.8. The molecule has 0 aliphatic heterocycles. The Kier molecular flexibility index (Phi) is 3.52. The van der Waals surface area contributed by atoms with Gasteiger partial charge in [0.1, 0.15) is 5.52 Å². The molecule has 1 aromatic heterocycles. The van der Waals surface area contributed by atoms with Gasteiger partial charge in [0.25, 0.3) is 0 Å². The smallest absolute Gasteiger partial charge is 0.228 e. The molecule has 0 amide bonds. The summed E-state index contributed by atoms with van der Waals surface area (Å²) in [5.41, 5.74) is 3.42. The third-order valence-corrected chi connectivity index (χ3v) is 3.96. The van der Waals surface area contributed by atoms with Crippen molar-refractivity contribution in [3.8, 4) is 11.5 Å². The third kappa shape index (κ3) is 2.38. The van der Waals surface area contributed by atoms with Gasteiger partial charge in [-0.1, -0.05) is 51.3 Å². The average molecular weight is 357 g/mol. The minimum absolute atomic E-state index is 0.505. The van der Waals surface area contributed by atoms with E-state index >= 15 is 0 Å². The van der Waals surface area contributed by atoms with Crippen LogP contribution in [0, 0.1) is 0 Å². The van der Waals surface area contributed by atoms with Gasteiger partial charge in [0.2, 0.25) is 5.89 Å². The molecule has 5 heteroatoms. The van der Waals surface area contributed by atoms with E-state index in [1.54, 1.807) is 12.1 Å². The van der Waals surface area contributed by atoms with Crippen LogP contribution in [-0.4, -0.2) is 4.98 Å². The predicted octanol–water partition coefficient (Wildman–Crippen LogP) is 5.70. The summed E-state index contributed by atoms with van der Waals surface area (Å²) in [5.74, 6) is 0.505. The predicted molar refractivity (Wildman–Crippen MR) is 82.1 cm³/mol. The highest BCUT2D eigenvalue weighted by Crippen LogP contribution is 2.32. The Morgan fingerprint density at radius 2 is 2.00 bits per heavy atom. The van der Waals surface area contributed by atoms with Crippen molar-refractivity contribution in [2.45, 2.75) is 5.33 Å². The molecule has 0 spiro atoms. The normalized spacial score (nSPS) is 11.1. The molecule has 3 rings (SSSR count). The van der Waals surface area contributed by atoms with Crippen LogP contribution in [0.4, 0.5) is 0 Å². The molecule has 0 unspecified atom stereocenters. The maximum absolute atomic E-state index is 6.17. The quantitative estimate of drug-likeness (QED) is 0.550. The summed E-state index contributed by atoms with van der Waals surface area (Å²) in [4.78, 5) is 4.52. The molecule has 0 aliphatic rings. The number of fused-ring (bicyclic) bond motifs is 1. The summed E-state index contributed by atoms with van der Waals surface area (Å²) < 4.78 is 5.76. The minimum atomic E-state index is 0.505. The van der Waals surface area contributed by atoms with E-state index in [0.717, 1.165) is 27.6 Å². The van der Waals surface area contributed by atoms with Gasteiger partial charge < -0.3 is 4.42 Å². The molecule has 0 saturated heterocycles. The van der Waals surface area contributed by atoms with E-state index in [2.05, 4.69) is 20.9 Å². The number of hydrogen-bond donors (Lipinski definition) is 0. The van der Waals surface area contributed by atoms with E-state index in [1.807, 2.05) is 24.3 Å². The second-order valence-corrected chi connectivity index (χ2v) is 5.45. The second-order valence-electron chi connectivity index (χ2n) is 4.04. The van der Waals surface area contributed by atoms with Crippen molar-refractivity contribution in [1.82, 2.24) is 4.98 Å². The van der Waals surface area contributed by atoms with Crippen LogP contribution in [0.1, 0.15) is 5.56 Å². The van der Waals surface area contributed by atoms with Crippen molar-refractivity contribution in [2.24, 2.45) is 0 Å². The molecule has 0 radical (unpaired) electrons. The molecule has 2 aromatic carbocycles. The number of para-hydroxylation sites is 1. The standard InChI is InChI=1S/C14H8BrCl2NO/c15-7-8-2-1-3-12-13(8)18-14(19-12)10-5-4-9(16)6-11(10)17/h1-6H,7H2. The fourth-order valence-electron chi connectivity index (χ4n) is 1.89. The minimum Gasteiger partial charge on any atom is -0.436 e. The Balaban J connectivity index is 2.20. The molecule has 19 heavy (non-hydrogen) atoms. The van der Waals surface area contributed by atoms with E-state index in [-0.39, 0.29) is 0 Å². The Morgan fingerprint density at radius 3 is 2.74 bits per heavy atom. The molecule has 1 heterocycles. The van der Waals surface area contributed by atoms with Gasteiger partial charge in [-0.2, -0.15) is 0 Å². The first-order valence-electron chi connectivity index (χ1n) is 5.59. The molecule has 0 aliphatic carbocycles. The highest BCUT2D eigenvalue weighted by molar-refractivity contribution is 9.08. The molecule has 3 aromatic rings. The van der Waals surface area contributed by atoms with Crippen LogP contribution in [0.2, 0.25) is 10.0 Å². The van der Waals surface area contributed by atoms with Crippen LogP contribution in [0.3, 0.4) is 0 Å². The maximum Gasteiger partial charge on any atom is 0.228 e. The fraction of sp³-hybridized carbons (Fsp3) is 0.0714. The van der Waals surface area contributed by atoms with Crippen molar-refractivity contribution in [3.05, 3.63) is 52.0 Å². The number of halogens is 3. The van der Waals surface area contributed by atoms with Crippen molar-refractivity contribution in [1.29, 1.82) is 0 Å². The summed E-state index contributed by atoms with van der Waals surface area (Å²) in [5, 5.41) is 1.84. The third-order valence-electron chi connectivity index (χ3n) is 2.81. The summed E-state index contributed by atoms with van der Waals surface area (Å²) in [6.45, 7) is 0. The van der Waals surface area contributed by atoms with Crippen LogP contribution in [0.25, 0.3) is 22.6 Å². The van der Waals surface area contributed by atoms with Gasteiger partial charge in [0.05, 0.1) is 10.6 Å². The van der Waals surface area contributed by atoms with Crippen molar-refractivity contribution < 1.29 is 4.42 Å². The molecule has 0 atom stereocenters. The highest BCUT2D eigenvalue weighted by atomic mass is 79.9. The Bertz CT molecular complexity index is 754. The van der Waals surface area contributed by atoms with Crippen LogP contribution in [0.15, 0.2) is 40.8 Å². The average Bonchev–Trinajstić information content (AvgIpc) is 2.81. The van der Waals surface area contributed by atoms with Gasteiger partial charge in [-0.25, -0.2) is 4.98 Å². The number of oxazole rings is 1. The lowest BCUT2D eigenvalue weighted by Gasteiger charge is -1.99. The van der Waals surface area contributed by atoms with Gasteiger partial charge in [-0.3, -0.25) is 0 Å². The van der Waals surface area contributed by atoms with Crippen molar-refractivity contribution in [3.63, 3.8) is 0 Å². The summed E-state index contributed by atoms with van der Waals surface area (Å²) in [7, 11) is 0. The van der Waals surface area contributed by atoms with E-state index < -0.39 is 0 Å². The maximum atomic E-state index is 6.17. The Hall–Kier alpha value is -1.03. The Morgan fingerprint density at radius 1 is 1.16 bits per heavy atom. The van der Waals surface area contributed by atoms with Crippen LogP contribution < -0.4 is 0 Å². The molecule has 0 fully saturated rings. The van der Waals surface area contributed by atoms with Gasteiger partial charge in [0, 0.05) is 10.4 Å². The van der Waals surface area contributed by atoms with Gasteiger partial charge in [0.15, 0.2) is 5.58 Å². The number of rotatable bonds is 2. The largest absolute Gasteiger partial charge is 0.436 e. The number of hydrogen-bond acceptors (Lipinski definition) is 2. The summed E-state index contributed by atoms with van der Waals surface area (Å²) >= 11 is 15.5. The SMILES string of the molecule is Clc1ccc(-c2nc3c(CBr)cccc3o2)c(Cl)c1. The lowest BCUT2D eigenvalue weighted by molar-refractivity contribution is 0.620. The van der Waals surface area contributed by atoms with Gasteiger partial charge >= 0.3 is 0 Å². The first-order chi connectivity index (χ1) is 9.19. The van der Waals surface area contributed by atoms with E-state index in [4.69, 9.17) is 27.6 Å². The van der Waals surface area contributed by atoms with Crippen LogP contribution in [-0.2, 0) is 5.33 Å². The van der Waals surface area contributed by atoms with Crippen LogP contribution >= 0.6 is 39.1 Å². The number of alkyl halides is 1. The monoisotopic (exact) mass is 355 g/mol. The molecule has 0 N–H and O–H groups in total. The summed E-state index contributed by atoms with van der Waals surface area (Å²) in [6.07, 6.45) is 0. The highest BCUT2D eigenvalue weighted by Gasteiger charge is 2.13. The lowest BCUT2D eigenvalue weighted by atomic mass is 10.2. The lowest BCUT2D eigenvalue weighted by Crippen LogP contribution is -1.81. The van der Waals surface area contributed by atoms with E-state index in [9.17, 15) is 0 Å². The first-order valence-corrected chi connectivity index (χ1v) is 7.46. The molecular formula is C14H8BrCl2NO. The number of benzene rings is 2.